The van der Waals surface area contributed by atoms with E-state index in [2.05, 4.69) is 51.5 Å². The van der Waals surface area contributed by atoms with Gasteiger partial charge in [0.2, 0.25) is 0 Å². The summed E-state index contributed by atoms with van der Waals surface area (Å²) in [7, 11) is 0. The van der Waals surface area contributed by atoms with Gasteiger partial charge in [0.05, 0.1) is 11.7 Å². The van der Waals surface area contributed by atoms with E-state index in [1.165, 1.54) is 29.8 Å². The lowest BCUT2D eigenvalue weighted by Crippen LogP contribution is -2.29. The van der Waals surface area contributed by atoms with Crippen molar-refractivity contribution in [2.24, 2.45) is 5.92 Å². The highest BCUT2D eigenvalue weighted by molar-refractivity contribution is 5.24. The fraction of sp³-hybridized carbons (Fsp3) is 0.812. The Kier molecular flexibility index (Phi) is 6.56. The second-order valence-corrected chi connectivity index (χ2v) is 5.94. The first-order chi connectivity index (χ1) is 9.01. The van der Waals surface area contributed by atoms with Crippen molar-refractivity contribution in [2.45, 2.75) is 66.8 Å². The standard InChI is InChI=1S/C16H31N3/c1-7-9-15(11-17-10-12(3)4)19-14(6)16(8-2)13(5)18-19/h12,15,17H,7-11H2,1-6H3. The Balaban J connectivity index is 2.80. The van der Waals surface area contributed by atoms with Gasteiger partial charge in [0.1, 0.15) is 0 Å². The van der Waals surface area contributed by atoms with Crippen LogP contribution in [0.1, 0.15) is 63.5 Å². The van der Waals surface area contributed by atoms with Gasteiger partial charge in [-0.1, -0.05) is 34.1 Å². The van der Waals surface area contributed by atoms with Gasteiger partial charge in [0, 0.05) is 12.2 Å². The lowest BCUT2D eigenvalue weighted by atomic mass is 10.1. The van der Waals surface area contributed by atoms with Crippen LogP contribution in [0.25, 0.3) is 0 Å². The summed E-state index contributed by atoms with van der Waals surface area (Å²) in [6, 6.07) is 0.489. The quantitative estimate of drug-likeness (QED) is 0.777. The highest BCUT2D eigenvalue weighted by Gasteiger charge is 2.17. The summed E-state index contributed by atoms with van der Waals surface area (Å²) in [6.45, 7) is 15.4. The summed E-state index contributed by atoms with van der Waals surface area (Å²) in [6.07, 6.45) is 3.47. The van der Waals surface area contributed by atoms with E-state index in [-0.39, 0.29) is 0 Å². The van der Waals surface area contributed by atoms with Gasteiger partial charge >= 0.3 is 0 Å². The smallest absolute Gasteiger partial charge is 0.0646 e. The van der Waals surface area contributed by atoms with Crippen LogP contribution in [0, 0.1) is 19.8 Å². The van der Waals surface area contributed by atoms with Gasteiger partial charge in [-0.05, 0) is 44.7 Å². The molecule has 0 amide bonds. The van der Waals surface area contributed by atoms with Crippen LogP contribution < -0.4 is 5.32 Å². The number of rotatable bonds is 8. The average Bonchev–Trinajstić information content (AvgIpc) is 2.63. The minimum Gasteiger partial charge on any atom is -0.314 e. The highest BCUT2D eigenvalue weighted by Crippen LogP contribution is 2.20. The molecule has 0 aliphatic carbocycles. The molecule has 0 aliphatic rings. The molecule has 0 aliphatic heterocycles. The molecule has 3 nitrogen and oxygen atoms in total. The van der Waals surface area contributed by atoms with E-state index >= 15 is 0 Å². The first-order valence-electron chi connectivity index (χ1n) is 7.76. The Hall–Kier alpha value is -0.830. The van der Waals surface area contributed by atoms with Gasteiger partial charge in [0.25, 0.3) is 0 Å². The Morgan fingerprint density at radius 1 is 1.16 bits per heavy atom. The third-order valence-corrected chi connectivity index (χ3v) is 3.73. The molecule has 0 saturated carbocycles. The molecule has 0 radical (unpaired) electrons. The molecule has 1 aromatic heterocycles. The normalized spacial score (nSPS) is 13.2. The van der Waals surface area contributed by atoms with Crippen molar-refractivity contribution >= 4 is 0 Å². The van der Waals surface area contributed by atoms with Crippen molar-refractivity contribution in [1.82, 2.24) is 15.1 Å². The van der Waals surface area contributed by atoms with Gasteiger partial charge in [-0.15, -0.1) is 0 Å². The average molecular weight is 265 g/mol. The zero-order valence-corrected chi connectivity index (χ0v) is 13.6. The number of hydrogen-bond acceptors (Lipinski definition) is 2. The Bertz CT molecular complexity index is 380. The second-order valence-electron chi connectivity index (χ2n) is 5.94. The van der Waals surface area contributed by atoms with E-state index in [9.17, 15) is 0 Å². The predicted octanol–water partition coefficient (Wildman–Crippen LogP) is 3.65. The van der Waals surface area contributed by atoms with Gasteiger partial charge < -0.3 is 5.32 Å². The molecular weight excluding hydrogens is 234 g/mol. The molecule has 1 unspecified atom stereocenters. The molecule has 0 saturated heterocycles. The van der Waals surface area contributed by atoms with Gasteiger partial charge in [-0.25, -0.2) is 0 Å². The van der Waals surface area contributed by atoms with E-state index in [0.29, 0.717) is 12.0 Å². The minimum atomic E-state index is 0.489. The van der Waals surface area contributed by atoms with Crippen LogP contribution >= 0.6 is 0 Å². The van der Waals surface area contributed by atoms with Crippen molar-refractivity contribution in [3.8, 4) is 0 Å². The van der Waals surface area contributed by atoms with Crippen molar-refractivity contribution in [1.29, 1.82) is 0 Å². The van der Waals surface area contributed by atoms with Crippen molar-refractivity contribution in [3.05, 3.63) is 17.0 Å². The summed E-state index contributed by atoms with van der Waals surface area (Å²) in [5.41, 5.74) is 3.97. The molecule has 0 aromatic carbocycles. The van der Waals surface area contributed by atoms with Crippen LogP contribution in [0.4, 0.5) is 0 Å². The summed E-state index contributed by atoms with van der Waals surface area (Å²) < 4.78 is 2.25. The molecule has 0 spiro atoms. The van der Waals surface area contributed by atoms with E-state index in [4.69, 9.17) is 5.10 Å². The topological polar surface area (TPSA) is 29.9 Å². The minimum absolute atomic E-state index is 0.489. The van der Waals surface area contributed by atoms with Gasteiger partial charge in [0.15, 0.2) is 0 Å². The molecule has 3 heteroatoms. The fourth-order valence-corrected chi connectivity index (χ4v) is 2.75. The largest absolute Gasteiger partial charge is 0.314 e. The number of aryl methyl sites for hydroxylation is 1. The van der Waals surface area contributed by atoms with Crippen LogP contribution in [-0.4, -0.2) is 22.9 Å². The monoisotopic (exact) mass is 265 g/mol. The van der Waals surface area contributed by atoms with Gasteiger partial charge in [-0.3, -0.25) is 4.68 Å². The molecule has 110 valence electrons. The summed E-state index contributed by atoms with van der Waals surface area (Å²) >= 11 is 0. The lowest BCUT2D eigenvalue weighted by Gasteiger charge is -2.20. The third-order valence-electron chi connectivity index (χ3n) is 3.73. The van der Waals surface area contributed by atoms with E-state index in [0.717, 1.165) is 19.5 Å². The second kappa shape index (κ2) is 7.68. The molecule has 1 rings (SSSR count). The maximum atomic E-state index is 4.77. The van der Waals surface area contributed by atoms with Crippen molar-refractivity contribution in [3.63, 3.8) is 0 Å². The van der Waals surface area contributed by atoms with Crippen molar-refractivity contribution in [2.75, 3.05) is 13.1 Å². The third kappa shape index (κ3) is 4.34. The van der Waals surface area contributed by atoms with Crippen molar-refractivity contribution < 1.29 is 0 Å². The molecule has 1 aromatic rings. The van der Waals surface area contributed by atoms with E-state index in [1.807, 2.05) is 0 Å². The first-order valence-corrected chi connectivity index (χ1v) is 7.76. The Morgan fingerprint density at radius 2 is 1.84 bits per heavy atom. The molecule has 0 bridgehead atoms. The highest BCUT2D eigenvalue weighted by atomic mass is 15.3. The van der Waals surface area contributed by atoms with E-state index < -0.39 is 0 Å². The molecule has 1 N–H and O–H groups in total. The Morgan fingerprint density at radius 3 is 2.32 bits per heavy atom. The molecular formula is C16H31N3. The van der Waals surface area contributed by atoms with Crippen LogP contribution in [0.15, 0.2) is 0 Å². The zero-order chi connectivity index (χ0) is 14.4. The SMILES string of the molecule is CCCC(CNCC(C)C)n1nc(C)c(CC)c1C. The summed E-state index contributed by atoms with van der Waals surface area (Å²) in [4.78, 5) is 0. The predicted molar refractivity (Wildman–Crippen MR) is 82.7 cm³/mol. The van der Waals surface area contributed by atoms with Crippen LogP contribution in [-0.2, 0) is 6.42 Å². The maximum Gasteiger partial charge on any atom is 0.0646 e. The van der Waals surface area contributed by atoms with Crippen LogP contribution in [0.3, 0.4) is 0 Å². The van der Waals surface area contributed by atoms with E-state index in [1.54, 1.807) is 0 Å². The zero-order valence-electron chi connectivity index (χ0n) is 13.6. The molecule has 1 heterocycles. The number of hydrogen-bond donors (Lipinski definition) is 1. The molecule has 19 heavy (non-hydrogen) atoms. The summed E-state index contributed by atoms with van der Waals surface area (Å²) in [5, 5.41) is 8.36. The maximum absolute atomic E-state index is 4.77. The number of aromatic nitrogens is 2. The number of nitrogens with one attached hydrogen (secondary N) is 1. The van der Waals surface area contributed by atoms with Gasteiger partial charge in [-0.2, -0.15) is 5.10 Å². The van der Waals surface area contributed by atoms with Crippen LogP contribution in [0.5, 0.6) is 0 Å². The fourth-order valence-electron chi connectivity index (χ4n) is 2.75. The molecule has 1 atom stereocenters. The summed E-state index contributed by atoms with van der Waals surface area (Å²) in [5.74, 6) is 0.703. The first kappa shape index (κ1) is 16.2. The lowest BCUT2D eigenvalue weighted by molar-refractivity contribution is 0.378. The number of nitrogens with zero attached hydrogens (tertiary/aromatic N) is 2. The van der Waals surface area contributed by atoms with Crippen LogP contribution in [0.2, 0.25) is 0 Å². The molecule has 0 fully saturated rings. The Labute approximate surface area is 118 Å².